The predicted octanol–water partition coefficient (Wildman–Crippen LogP) is 3.00. The molecule has 1 aliphatic heterocycles. The molecule has 0 unspecified atom stereocenters. The van der Waals surface area contributed by atoms with Crippen molar-refractivity contribution >= 4 is 21.7 Å². The van der Waals surface area contributed by atoms with Crippen LogP contribution in [-0.4, -0.2) is 60.5 Å². The molecule has 1 aromatic carbocycles. The topological polar surface area (TPSA) is 90.6 Å². The summed E-state index contributed by atoms with van der Waals surface area (Å²) in [6, 6.07) is 3.60. The van der Waals surface area contributed by atoms with Crippen molar-refractivity contribution in [3.8, 4) is 0 Å². The summed E-state index contributed by atoms with van der Waals surface area (Å²) in [7, 11) is -4.14. The molecule has 0 atom stereocenters. The molecular formula is C20H22F3N3O4S. The van der Waals surface area contributed by atoms with E-state index < -0.39 is 26.7 Å². The van der Waals surface area contributed by atoms with E-state index in [0.717, 1.165) is 22.5 Å². The number of nitrogens with zero attached hydrogens (tertiary/aromatic N) is 2. The number of alkyl halides is 3. The van der Waals surface area contributed by atoms with Gasteiger partial charge in [-0.2, -0.15) is 17.5 Å². The largest absolute Gasteiger partial charge is 0.416 e. The number of nitrogens with one attached hydrogen (secondary N) is 1. The molecule has 7 nitrogen and oxygen atoms in total. The van der Waals surface area contributed by atoms with Crippen molar-refractivity contribution in [2.75, 3.05) is 26.2 Å². The van der Waals surface area contributed by atoms with Gasteiger partial charge in [-0.25, -0.2) is 8.42 Å². The first-order chi connectivity index (χ1) is 14.3. The zero-order valence-corrected chi connectivity index (χ0v) is 18.0. The number of benzene rings is 1. The summed E-state index contributed by atoms with van der Waals surface area (Å²) in [5.74, 6) is -0.522. The average Bonchev–Trinajstić information content (AvgIpc) is 3.01. The Morgan fingerprint density at radius 1 is 1.06 bits per heavy atom. The summed E-state index contributed by atoms with van der Waals surface area (Å²) in [6.07, 6.45) is -4.65. The van der Waals surface area contributed by atoms with Crippen molar-refractivity contribution in [3.63, 3.8) is 0 Å². The number of Topliss-reactive ketones (excluding diaryl/α,β-unsaturated/α-hetero) is 1. The zero-order chi connectivity index (χ0) is 23.1. The van der Waals surface area contributed by atoms with Gasteiger partial charge in [0.15, 0.2) is 5.78 Å². The van der Waals surface area contributed by atoms with Crippen molar-refractivity contribution in [1.29, 1.82) is 0 Å². The molecule has 0 radical (unpaired) electrons. The van der Waals surface area contributed by atoms with Gasteiger partial charge in [0, 0.05) is 37.4 Å². The minimum Gasteiger partial charge on any atom is -0.354 e. The van der Waals surface area contributed by atoms with E-state index in [0.29, 0.717) is 22.9 Å². The van der Waals surface area contributed by atoms with E-state index in [4.69, 9.17) is 0 Å². The third kappa shape index (κ3) is 4.38. The maximum absolute atomic E-state index is 12.9. The van der Waals surface area contributed by atoms with E-state index in [1.807, 2.05) is 0 Å². The summed E-state index contributed by atoms with van der Waals surface area (Å²) >= 11 is 0. The Bertz CT molecular complexity index is 1130. The lowest BCUT2D eigenvalue weighted by molar-refractivity contribution is -0.137. The molecule has 2 aromatic rings. The second-order valence-corrected chi connectivity index (χ2v) is 9.34. The van der Waals surface area contributed by atoms with Crippen LogP contribution < -0.4 is 0 Å². The van der Waals surface area contributed by atoms with Crippen molar-refractivity contribution < 1.29 is 31.2 Å². The van der Waals surface area contributed by atoms with Gasteiger partial charge in [-0.3, -0.25) is 9.59 Å². The molecule has 0 aliphatic carbocycles. The number of rotatable bonds is 4. The van der Waals surface area contributed by atoms with Crippen LogP contribution in [0.3, 0.4) is 0 Å². The molecule has 1 aliphatic rings. The minimum absolute atomic E-state index is 0.0530. The number of halogens is 3. The molecule has 11 heteroatoms. The Balaban J connectivity index is 1.76. The van der Waals surface area contributed by atoms with E-state index in [9.17, 15) is 31.2 Å². The number of amides is 1. The first-order valence-corrected chi connectivity index (χ1v) is 10.9. The highest BCUT2D eigenvalue weighted by Gasteiger charge is 2.35. The number of sulfonamides is 1. The molecule has 2 heterocycles. The Morgan fingerprint density at radius 3 is 2.19 bits per heavy atom. The standard InChI is InChI=1S/C20H22F3N3O4S/c1-12-17(14(3)27)13(2)24-18(12)19(28)25-7-9-26(10-8-25)31(29,30)16-6-4-5-15(11-16)20(21,22)23/h4-6,11,24H,7-10H2,1-3H3. The number of piperazine rings is 1. The molecule has 168 valence electrons. The highest BCUT2D eigenvalue weighted by atomic mass is 32.2. The summed E-state index contributed by atoms with van der Waals surface area (Å²) in [5.41, 5.74) is 0.806. The molecule has 0 bridgehead atoms. The van der Waals surface area contributed by atoms with Gasteiger partial charge >= 0.3 is 6.18 Å². The molecule has 3 rings (SSSR count). The Kier molecular flexibility index (Phi) is 6.03. The lowest BCUT2D eigenvalue weighted by Gasteiger charge is -2.34. The van der Waals surface area contributed by atoms with Crippen LogP contribution in [0.2, 0.25) is 0 Å². The lowest BCUT2D eigenvalue weighted by Crippen LogP contribution is -2.50. The van der Waals surface area contributed by atoms with E-state index in [2.05, 4.69) is 4.98 Å². The second-order valence-electron chi connectivity index (χ2n) is 7.40. The molecule has 31 heavy (non-hydrogen) atoms. The number of ketones is 1. The van der Waals surface area contributed by atoms with Gasteiger partial charge < -0.3 is 9.88 Å². The highest BCUT2D eigenvalue weighted by Crippen LogP contribution is 2.31. The number of H-pyrrole nitrogens is 1. The van der Waals surface area contributed by atoms with Crippen LogP contribution in [-0.2, 0) is 16.2 Å². The van der Waals surface area contributed by atoms with E-state index in [1.165, 1.54) is 11.8 Å². The average molecular weight is 457 g/mol. The van der Waals surface area contributed by atoms with Crippen molar-refractivity contribution in [1.82, 2.24) is 14.2 Å². The van der Waals surface area contributed by atoms with Crippen molar-refractivity contribution in [3.05, 3.63) is 52.3 Å². The number of carbonyl (C=O) groups is 2. The normalized spacial score (nSPS) is 15.9. The maximum atomic E-state index is 12.9. The van der Waals surface area contributed by atoms with E-state index >= 15 is 0 Å². The monoisotopic (exact) mass is 457 g/mol. The highest BCUT2D eigenvalue weighted by molar-refractivity contribution is 7.89. The van der Waals surface area contributed by atoms with Crippen molar-refractivity contribution in [2.45, 2.75) is 31.8 Å². The lowest BCUT2D eigenvalue weighted by atomic mass is 10.1. The first-order valence-electron chi connectivity index (χ1n) is 9.51. The van der Waals surface area contributed by atoms with Crippen LogP contribution in [0.1, 0.15) is 44.6 Å². The number of hydrogen-bond acceptors (Lipinski definition) is 4. The van der Waals surface area contributed by atoms with Crippen LogP contribution in [0.4, 0.5) is 13.2 Å². The SMILES string of the molecule is CC(=O)c1c(C)[nH]c(C(=O)N2CCN(S(=O)(=O)c3cccc(C(F)(F)F)c3)CC2)c1C. The van der Waals surface area contributed by atoms with E-state index in [1.54, 1.807) is 13.8 Å². The van der Waals surface area contributed by atoms with Gasteiger partial charge in [0.2, 0.25) is 10.0 Å². The minimum atomic E-state index is -4.65. The second kappa shape index (κ2) is 8.12. The molecule has 0 saturated carbocycles. The zero-order valence-electron chi connectivity index (χ0n) is 17.2. The quantitative estimate of drug-likeness (QED) is 0.715. The van der Waals surface area contributed by atoms with Crippen LogP contribution in [0, 0.1) is 13.8 Å². The van der Waals surface area contributed by atoms with Gasteiger partial charge in [-0.05, 0) is 44.5 Å². The fourth-order valence-corrected chi connectivity index (χ4v) is 5.23. The van der Waals surface area contributed by atoms with Gasteiger partial charge in [-0.15, -0.1) is 0 Å². The molecule has 1 amide bonds. The number of carbonyl (C=O) groups excluding carboxylic acids is 2. The number of aromatic amines is 1. The molecule has 1 fully saturated rings. The Morgan fingerprint density at radius 2 is 1.68 bits per heavy atom. The third-order valence-corrected chi connectivity index (χ3v) is 7.22. The Labute approximate surface area is 177 Å². The molecule has 1 aromatic heterocycles. The smallest absolute Gasteiger partial charge is 0.354 e. The Hall–Kier alpha value is -2.66. The summed E-state index contributed by atoms with van der Waals surface area (Å²) in [5, 5.41) is 0. The summed E-state index contributed by atoms with van der Waals surface area (Å²) < 4.78 is 65.5. The van der Waals surface area contributed by atoms with Crippen molar-refractivity contribution in [2.24, 2.45) is 0 Å². The molecule has 1 saturated heterocycles. The fraction of sp³-hybridized carbons (Fsp3) is 0.400. The fourth-order valence-electron chi connectivity index (χ4n) is 3.76. The van der Waals surface area contributed by atoms with Gasteiger partial charge in [-0.1, -0.05) is 6.07 Å². The van der Waals surface area contributed by atoms with Gasteiger partial charge in [0.05, 0.1) is 10.5 Å². The summed E-state index contributed by atoms with van der Waals surface area (Å²) in [4.78, 5) is 28.6. The van der Waals surface area contributed by atoms with E-state index in [-0.39, 0.29) is 43.6 Å². The number of aromatic nitrogens is 1. The van der Waals surface area contributed by atoms with Gasteiger partial charge in [0.25, 0.3) is 5.91 Å². The number of hydrogen-bond donors (Lipinski definition) is 1. The van der Waals surface area contributed by atoms with Crippen LogP contribution in [0.5, 0.6) is 0 Å². The van der Waals surface area contributed by atoms with Crippen LogP contribution in [0.25, 0.3) is 0 Å². The maximum Gasteiger partial charge on any atom is 0.416 e. The molecular weight excluding hydrogens is 435 g/mol. The first kappa shape index (κ1) is 23.0. The predicted molar refractivity (Wildman–Crippen MR) is 106 cm³/mol. The number of aryl methyl sites for hydroxylation is 1. The van der Waals surface area contributed by atoms with Crippen LogP contribution in [0.15, 0.2) is 29.2 Å². The van der Waals surface area contributed by atoms with Gasteiger partial charge in [0.1, 0.15) is 5.69 Å². The molecule has 1 N–H and O–H groups in total. The summed E-state index contributed by atoms with van der Waals surface area (Å²) in [6.45, 7) is 4.82. The molecule has 0 spiro atoms. The third-order valence-electron chi connectivity index (χ3n) is 5.33. The van der Waals surface area contributed by atoms with Crippen LogP contribution >= 0.6 is 0 Å².